The smallest absolute Gasteiger partial charge is 0.180 e. The summed E-state index contributed by atoms with van der Waals surface area (Å²) in [6, 6.07) is 0. The highest BCUT2D eigenvalue weighted by molar-refractivity contribution is 7.13. The van der Waals surface area contributed by atoms with E-state index in [0.29, 0.717) is 16.7 Å². The standard InChI is InChI=1S/C23H36N2S/c1-14-8-10-22(2)15(12-14)4-5-16-17-6-7-19(20-13-26-21(24)25-20)23(17,3)11-9-18(16)22/h13-19H,4-12H2,1-3H3,(H2,24,25)/t14-,15-,16-,17-,18-,19+,22-,23-/m0/s1. The molecular formula is C23H36N2S. The molecule has 1 aromatic heterocycles. The number of nitrogens with two attached hydrogens (primary N) is 1. The fourth-order valence-corrected chi connectivity index (χ4v) is 9.04. The van der Waals surface area contributed by atoms with Crippen LogP contribution >= 0.6 is 11.3 Å². The summed E-state index contributed by atoms with van der Waals surface area (Å²) in [4.78, 5) is 4.72. The highest BCUT2D eigenvalue weighted by atomic mass is 32.1. The fourth-order valence-electron chi connectivity index (χ4n) is 8.42. The Bertz CT molecular complexity index is 684. The second kappa shape index (κ2) is 5.96. The molecule has 0 saturated heterocycles. The van der Waals surface area contributed by atoms with Crippen molar-refractivity contribution in [3.05, 3.63) is 11.1 Å². The van der Waals surface area contributed by atoms with Gasteiger partial charge >= 0.3 is 0 Å². The Balaban J connectivity index is 1.43. The second-order valence-corrected chi connectivity index (χ2v) is 11.7. The van der Waals surface area contributed by atoms with Crippen LogP contribution in [0.1, 0.15) is 90.2 Å². The molecule has 0 bridgehead atoms. The minimum absolute atomic E-state index is 0.465. The minimum atomic E-state index is 0.465. The van der Waals surface area contributed by atoms with E-state index >= 15 is 0 Å². The van der Waals surface area contributed by atoms with E-state index in [1.54, 1.807) is 11.3 Å². The lowest BCUT2D eigenvalue weighted by Crippen LogP contribution is -2.53. The molecule has 4 fully saturated rings. The van der Waals surface area contributed by atoms with Crippen molar-refractivity contribution in [2.75, 3.05) is 5.73 Å². The maximum absolute atomic E-state index is 5.97. The number of hydrogen-bond donors (Lipinski definition) is 1. The summed E-state index contributed by atoms with van der Waals surface area (Å²) >= 11 is 1.63. The van der Waals surface area contributed by atoms with Crippen LogP contribution < -0.4 is 5.73 Å². The van der Waals surface area contributed by atoms with E-state index < -0.39 is 0 Å². The van der Waals surface area contributed by atoms with E-state index in [-0.39, 0.29) is 0 Å². The van der Waals surface area contributed by atoms with E-state index in [4.69, 9.17) is 10.7 Å². The Hall–Kier alpha value is -0.570. The van der Waals surface area contributed by atoms with E-state index in [0.717, 1.165) is 34.7 Å². The number of rotatable bonds is 1. The van der Waals surface area contributed by atoms with E-state index in [1.807, 2.05) is 0 Å². The van der Waals surface area contributed by atoms with E-state index in [9.17, 15) is 0 Å². The van der Waals surface area contributed by atoms with Gasteiger partial charge in [0.05, 0.1) is 5.69 Å². The van der Waals surface area contributed by atoms with Crippen molar-refractivity contribution in [1.82, 2.24) is 4.98 Å². The van der Waals surface area contributed by atoms with Gasteiger partial charge < -0.3 is 5.73 Å². The molecule has 4 aliphatic carbocycles. The van der Waals surface area contributed by atoms with Gasteiger partial charge in [-0.2, -0.15) is 0 Å². The van der Waals surface area contributed by atoms with Gasteiger partial charge in [-0.25, -0.2) is 4.98 Å². The average molecular weight is 373 g/mol. The molecule has 0 unspecified atom stereocenters. The number of aromatic nitrogens is 1. The molecule has 5 rings (SSSR count). The predicted octanol–water partition coefficient (Wildman–Crippen LogP) is 6.49. The molecule has 4 saturated carbocycles. The highest BCUT2D eigenvalue weighted by Crippen LogP contribution is 2.69. The zero-order valence-electron chi connectivity index (χ0n) is 16.8. The van der Waals surface area contributed by atoms with Gasteiger partial charge in [0.15, 0.2) is 5.13 Å². The third-order valence-electron chi connectivity index (χ3n) is 9.82. The van der Waals surface area contributed by atoms with Crippen molar-refractivity contribution >= 4 is 16.5 Å². The van der Waals surface area contributed by atoms with Gasteiger partial charge in [0, 0.05) is 11.3 Å². The first-order valence-electron chi connectivity index (χ1n) is 11.1. The molecule has 3 heteroatoms. The summed E-state index contributed by atoms with van der Waals surface area (Å²) in [6.07, 6.45) is 13.1. The summed E-state index contributed by atoms with van der Waals surface area (Å²) in [6.45, 7) is 7.79. The SMILES string of the molecule is C[C@H]1CC[C@@]2(C)[C@@H](CC[C@@H]3[C@@H]2CC[C@]2(C)[C@@H](c4csc(N)n4)CC[C@@H]32)C1. The molecule has 0 radical (unpaired) electrons. The average Bonchev–Trinajstić information content (AvgIpc) is 3.18. The first-order chi connectivity index (χ1) is 12.4. The first kappa shape index (κ1) is 17.5. The molecule has 26 heavy (non-hydrogen) atoms. The molecule has 2 N–H and O–H groups in total. The molecule has 0 aliphatic heterocycles. The number of nitrogens with zero attached hydrogens (tertiary/aromatic N) is 1. The third kappa shape index (κ3) is 2.38. The summed E-state index contributed by atoms with van der Waals surface area (Å²) in [7, 11) is 0. The number of hydrogen-bond acceptors (Lipinski definition) is 3. The van der Waals surface area contributed by atoms with Gasteiger partial charge in [0.25, 0.3) is 0 Å². The molecule has 1 aromatic rings. The molecule has 144 valence electrons. The first-order valence-corrected chi connectivity index (χ1v) is 12.0. The number of anilines is 1. The van der Waals surface area contributed by atoms with Crippen LogP contribution in [-0.2, 0) is 0 Å². The quantitative estimate of drug-likeness (QED) is 0.612. The van der Waals surface area contributed by atoms with Crippen LogP contribution in [0.3, 0.4) is 0 Å². The van der Waals surface area contributed by atoms with Gasteiger partial charge in [0.2, 0.25) is 0 Å². The summed E-state index contributed by atoms with van der Waals surface area (Å²) < 4.78 is 0. The molecule has 2 nitrogen and oxygen atoms in total. The number of nitrogen functional groups attached to an aromatic ring is 1. The van der Waals surface area contributed by atoms with Crippen LogP contribution in [-0.4, -0.2) is 4.98 Å². The van der Waals surface area contributed by atoms with E-state index in [2.05, 4.69) is 26.2 Å². The third-order valence-corrected chi connectivity index (χ3v) is 10.5. The normalized spacial score (nSPS) is 50.7. The van der Waals surface area contributed by atoms with Gasteiger partial charge in [0.1, 0.15) is 0 Å². The maximum Gasteiger partial charge on any atom is 0.180 e. The van der Waals surface area contributed by atoms with Crippen molar-refractivity contribution in [3.63, 3.8) is 0 Å². The van der Waals surface area contributed by atoms with E-state index in [1.165, 1.54) is 63.5 Å². The molecule has 4 aliphatic rings. The largest absolute Gasteiger partial charge is 0.375 e. The van der Waals surface area contributed by atoms with Crippen LogP contribution in [0.2, 0.25) is 0 Å². The van der Waals surface area contributed by atoms with Crippen LogP contribution in [0.4, 0.5) is 5.13 Å². The topological polar surface area (TPSA) is 38.9 Å². The monoisotopic (exact) mass is 372 g/mol. The summed E-state index contributed by atoms with van der Waals surface area (Å²) in [5.74, 6) is 5.51. The number of fused-ring (bicyclic) bond motifs is 5. The predicted molar refractivity (Wildman–Crippen MR) is 110 cm³/mol. The van der Waals surface area contributed by atoms with Crippen LogP contribution in [0.15, 0.2) is 5.38 Å². The molecule has 0 aromatic carbocycles. The van der Waals surface area contributed by atoms with Crippen LogP contribution in [0.25, 0.3) is 0 Å². The summed E-state index contributed by atoms with van der Waals surface area (Å²) in [5, 5.41) is 3.01. The van der Waals surface area contributed by atoms with Crippen LogP contribution in [0, 0.1) is 40.4 Å². The Labute approximate surface area is 163 Å². The maximum atomic E-state index is 5.97. The Morgan fingerprint density at radius 1 is 1.00 bits per heavy atom. The lowest BCUT2D eigenvalue weighted by molar-refractivity contribution is -0.112. The van der Waals surface area contributed by atoms with Crippen molar-refractivity contribution in [3.8, 4) is 0 Å². The van der Waals surface area contributed by atoms with Gasteiger partial charge in [-0.1, -0.05) is 27.2 Å². The lowest BCUT2D eigenvalue weighted by atomic mass is 9.44. The minimum Gasteiger partial charge on any atom is -0.375 e. The fraction of sp³-hybridized carbons (Fsp3) is 0.870. The molecule has 0 amide bonds. The highest BCUT2D eigenvalue weighted by Gasteiger charge is 2.60. The lowest BCUT2D eigenvalue weighted by Gasteiger charge is -2.61. The van der Waals surface area contributed by atoms with Crippen LogP contribution in [0.5, 0.6) is 0 Å². The zero-order valence-corrected chi connectivity index (χ0v) is 17.7. The molecule has 8 atom stereocenters. The molecule has 1 heterocycles. The molecular weight excluding hydrogens is 336 g/mol. The zero-order chi connectivity index (χ0) is 18.1. The summed E-state index contributed by atoms with van der Waals surface area (Å²) in [5.41, 5.74) is 8.38. The van der Waals surface area contributed by atoms with Crippen molar-refractivity contribution < 1.29 is 0 Å². The van der Waals surface area contributed by atoms with Gasteiger partial charge in [-0.05, 0) is 91.8 Å². The Kier molecular flexibility index (Phi) is 4.02. The van der Waals surface area contributed by atoms with Crippen molar-refractivity contribution in [1.29, 1.82) is 0 Å². The Morgan fingerprint density at radius 2 is 1.77 bits per heavy atom. The van der Waals surface area contributed by atoms with Gasteiger partial charge in [-0.3, -0.25) is 0 Å². The van der Waals surface area contributed by atoms with Crippen molar-refractivity contribution in [2.45, 2.75) is 84.5 Å². The molecule has 0 spiro atoms. The van der Waals surface area contributed by atoms with Crippen molar-refractivity contribution in [2.24, 2.45) is 40.4 Å². The number of thiazole rings is 1. The van der Waals surface area contributed by atoms with Gasteiger partial charge in [-0.15, -0.1) is 11.3 Å². The second-order valence-electron chi connectivity index (χ2n) is 10.8. The Morgan fingerprint density at radius 3 is 2.54 bits per heavy atom.